The van der Waals surface area contributed by atoms with Crippen molar-refractivity contribution in [2.45, 2.75) is 31.9 Å². The van der Waals surface area contributed by atoms with Gasteiger partial charge in [0.15, 0.2) is 0 Å². The lowest BCUT2D eigenvalue weighted by Gasteiger charge is -2.15. The molecule has 8 heteroatoms. The Morgan fingerprint density at radius 1 is 1.21 bits per heavy atom. The van der Waals surface area contributed by atoms with Gasteiger partial charge >= 0.3 is 0 Å². The number of carbonyl (C=O) groups is 3. The van der Waals surface area contributed by atoms with E-state index in [-0.39, 0.29) is 35.9 Å². The average molecular weight is 365 g/mol. The second-order valence-electron chi connectivity index (χ2n) is 5.33. The van der Waals surface area contributed by atoms with Gasteiger partial charge in [0.25, 0.3) is 0 Å². The molecule has 1 aliphatic rings. The summed E-state index contributed by atoms with van der Waals surface area (Å²) in [6, 6.07) is 6.83. The van der Waals surface area contributed by atoms with Crippen LogP contribution < -0.4 is 10.6 Å². The van der Waals surface area contributed by atoms with Crippen LogP contribution in [0.4, 0.5) is 11.4 Å². The van der Waals surface area contributed by atoms with E-state index in [0.717, 1.165) is 6.42 Å². The molecule has 0 saturated carbocycles. The second-order valence-corrected chi connectivity index (χ2v) is 7.16. The average Bonchev–Trinajstić information content (AvgIpc) is 2.80. The molecule has 0 aliphatic carbocycles. The molecule has 1 saturated heterocycles. The number of hydrogen-bond acceptors (Lipinski definition) is 5. The molecule has 1 aromatic carbocycles. The predicted molar refractivity (Wildman–Crippen MR) is 100.0 cm³/mol. The van der Waals surface area contributed by atoms with Crippen LogP contribution in [0.5, 0.6) is 0 Å². The quantitative estimate of drug-likeness (QED) is 0.758. The Hall–Kier alpha value is -1.93. The Kier molecular flexibility index (Phi) is 6.33. The van der Waals surface area contributed by atoms with Gasteiger partial charge in [0.2, 0.25) is 17.7 Å². The minimum Gasteiger partial charge on any atom is -0.326 e. The third-order valence-corrected chi connectivity index (χ3v) is 5.18. The van der Waals surface area contributed by atoms with Gasteiger partial charge in [-0.3, -0.25) is 19.3 Å². The number of nitrogens with zero attached hydrogens (tertiary/aromatic N) is 1. The molecule has 24 heavy (non-hydrogen) atoms. The number of thioether (sulfide) groups is 1. The molecule has 1 aromatic rings. The maximum atomic E-state index is 12.1. The molecule has 1 fully saturated rings. The lowest BCUT2D eigenvalue weighted by molar-refractivity contribution is -0.126. The van der Waals surface area contributed by atoms with E-state index in [1.165, 1.54) is 23.6 Å². The summed E-state index contributed by atoms with van der Waals surface area (Å²) in [5.74, 6) is -0.357. The lowest BCUT2D eigenvalue weighted by atomic mass is 10.2. The Morgan fingerprint density at radius 2 is 1.79 bits per heavy atom. The van der Waals surface area contributed by atoms with Crippen molar-refractivity contribution in [2.75, 3.05) is 17.2 Å². The molecule has 1 heterocycles. The number of rotatable bonds is 6. The molecule has 0 spiro atoms. The van der Waals surface area contributed by atoms with Gasteiger partial charge in [-0.25, -0.2) is 0 Å². The van der Waals surface area contributed by atoms with Crippen molar-refractivity contribution in [3.63, 3.8) is 0 Å². The van der Waals surface area contributed by atoms with Gasteiger partial charge in [-0.15, -0.1) is 0 Å². The summed E-state index contributed by atoms with van der Waals surface area (Å²) in [5, 5.41) is 5.29. The van der Waals surface area contributed by atoms with Crippen LogP contribution in [0.1, 0.15) is 26.7 Å². The highest BCUT2D eigenvalue weighted by Crippen LogP contribution is 2.29. The van der Waals surface area contributed by atoms with Crippen LogP contribution in [0, 0.1) is 0 Å². The van der Waals surface area contributed by atoms with Crippen molar-refractivity contribution in [2.24, 2.45) is 0 Å². The summed E-state index contributed by atoms with van der Waals surface area (Å²) < 4.78 is 0.541. The topological polar surface area (TPSA) is 78.5 Å². The minimum absolute atomic E-state index is 0.0139. The Morgan fingerprint density at radius 3 is 2.29 bits per heavy atom. The van der Waals surface area contributed by atoms with Crippen molar-refractivity contribution < 1.29 is 14.4 Å². The third-order valence-electron chi connectivity index (χ3n) is 3.43. The third kappa shape index (κ3) is 4.78. The zero-order valence-electron chi connectivity index (χ0n) is 13.5. The molecular weight excluding hydrogens is 346 g/mol. The summed E-state index contributed by atoms with van der Waals surface area (Å²) in [6.45, 7) is 3.66. The number of thiocarbonyl (C=S) groups is 1. The molecule has 6 nitrogen and oxygen atoms in total. The van der Waals surface area contributed by atoms with Crippen LogP contribution in [0.2, 0.25) is 0 Å². The maximum Gasteiger partial charge on any atom is 0.241 e. The molecule has 0 radical (unpaired) electrons. The zero-order chi connectivity index (χ0) is 17.7. The maximum absolute atomic E-state index is 12.1. The van der Waals surface area contributed by atoms with Crippen LogP contribution in [-0.2, 0) is 14.4 Å². The molecule has 3 amide bonds. The van der Waals surface area contributed by atoms with Gasteiger partial charge < -0.3 is 10.6 Å². The SMILES string of the molecule is CCC1SC(=S)N(CCC(=O)Nc2ccc(NC(C)=O)cc2)C1=O. The van der Waals surface area contributed by atoms with Crippen LogP contribution in [0.25, 0.3) is 0 Å². The van der Waals surface area contributed by atoms with E-state index in [1.807, 2.05) is 6.92 Å². The second kappa shape index (κ2) is 8.25. The number of anilines is 2. The van der Waals surface area contributed by atoms with Gasteiger partial charge in [0.05, 0.1) is 5.25 Å². The van der Waals surface area contributed by atoms with Gasteiger partial charge in [0, 0.05) is 31.3 Å². The highest BCUT2D eigenvalue weighted by atomic mass is 32.2. The predicted octanol–water partition coefficient (Wildman–Crippen LogP) is 2.61. The molecule has 2 N–H and O–H groups in total. The number of amides is 3. The van der Waals surface area contributed by atoms with Crippen LogP contribution in [0.3, 0.4) is 0 Å². The van der Waals surface area contributed by atoms with E-state index in [4.69, 9.17) is 12.2 Å². The normalized spacial score (nSPS) is 17.1. The highest BCUT2D eigenvalue weighted by Gasteiger charge is 2.35. The summed E-state index contributed by atoms with van der Waals surface area (Å²) in [5.41, 5.74) is 1.29. The monoisotopic (exact) mass is 365 g/mol. The van der Waals surface area contributed by atoms with Crippen LogP contribution in [-0.4, -0.2) is 38.7 Å². The van der Waals surface area contributed by atoms with Crippen LogP contribution >= 0.6 is 24.0 Å². The molecule has 1 unspecified atom stereocenters. The largest absolute Gasteiger partial charge is 0.326 e. The smallest absolute Gasteiger partial charge is 0.241 e. The van der Waals surface area contributed by atoms with Gasteiger partial charge in [-0.1, -0.05) is 30.9 Å². The summed E-state index contributed by atoms with van der Waals surface area (Å²) in [4.78, 5) is 36.6. The summed E-state index contributed by atoms with van der Waals surface area (Å²) in [6.07, 6.45) is 0.906. The van der Waals surface area contributed by atoms with Crippen molar-refractivity contribution in [3.05, 3.63) is 24.3 Å². The van der Waals surface area contributed by atoms with Crippen molar-refractivity contribution in [1.29, 1.82) is 0 Å². The summed E-state index contributed by atoms with van der Waals surface area (Å²) >= 11 is 6.58. The van der Waals surface area contributed by atoms with E-state index in [0.29, 0.717) is 15.7 Å². The highest BCUT2D eigenvalue weighted by molar-refractivity contribution is 8.24. The molecule has 0 aromatic heterocycles. The first-order valence-electron chi connectivity index (χ1n) is 7.60. The van der Waals surface area contributed by atoms with Gasteiger partial charge in [0.1, 0.15) is 4.32 Å². The first-order chi connectivity index (χ1) is 11.4. The van der Waals surface area contributed by atoms with E-state index in [9.17, 15) is 14.4 Å². The Bertz CT molecular complexity index is 661. The molecule has 0 bridgehead atoms. The van der Waals surface area contributed by atoms with E-state index < -0.39 is 0 Å². The number of nitrogens with one attached hydrogen (secondary N) is 2. The zero-order valence-corrected chi connectivity index (χ0v) is 15.1. The van der Waals surface area contributed by atoms with Crippen molar-refractivity contribution in [1.82, 2.24) is 4.90 Å². The fourth-order valence-corrected chi connectivity index (χ4v) is 3.71. The first kappa shape index (κ1) is 18.4. The van der Waals surface area contributed by atoms with Crippen molar-refractivity contribution in [3.8, 4) is 0 Å². The molecular formula is C16H19N3O3S2. The standard InChI is InChI=1S/C16H19N3O3S2/c1-3-13-15(22)19(16(23)24-13)9-8-14(21)18-12-6-4-11(5-7-12)17-10(2)20/h4-7,13H,3,8-9H2,1-2H3,(H,17,20)(H,18,21). The first-order valence-corrected chi connectivity index (χ1v) is 8.89. The molecule has 128 valence electrons. The van der Waals surface area contributed by atoms with Crippen molar-refractivity contribution >= 4 is 57.4 Å². The van der Waals surface area contributed by atoms with E-state index >= 15 is 0 Å². The molecule has 1 atom stereocenters. The van der Waals surface area contributed by atoms with E-state index in [2.05, 4.69) is 10.6 Å². The Labute approximate surface area is 150 Å². The fourth-order valence-electron chi connectivity index (χ4n) is 2.24. The number of benzene rings is 1. The lowest BCUT2D eigenvalue weighted by Crippen LogP contribution is -2.33. The number of hydrogen-bond donors (Lipinski definition) is 2. The van der Waals surface area contributed by atoms with E-state index in [1.54, 1.807) is 24.3 Å². The van der Waals surface area contributed by atoms with Gasteiger partial charge in [-0.05, 0) is 30.7 Å². The Balaban J connectivity index is 1.84. The summed E-state index contributed by atoms with van der Waals surface area (Å²) in [7, 11) is 0. The van der Waals surface area contributed by atoms with Crippen LogP contribution in [0.15, 0.2) is 24.3 Å². The minimum atomic E-state index is -0.192. The number of carbonyl (C=O) groups excluding carboxylic acids is 3. The van der Waals surface area contributed by atoms with Gasteiger partial charge in [-0.2, -0.15) is 0 Å². The molecule has 1 aliphatic heterocycles. The fraction of sp³-hybridized carbons (Fsp3) is 0.375. The molecule has 2 rings (SSSR count).